The van der Waals surface area contributed by atoms with Crippen molar-refractivity contribution in [3.63, 3.8) is 0 Å². The molecule has 0 aliphatic heterocycles. The van der Waals surface area contributed by atoms with Crippen LogP contribution >= 0.6 is 8.58 Å². The first-order valence-electron chi connectivity index (χ1n) is 5.90. The molecule has 0 aromatic heterocycles. The molecular formula is C15H17O2P. The van der Waals surface area contributed by atoms with Gasteiger partial charge in [-0.15, -0.1) is 0 Å². The molecule has 0 aliphatic rings. The molecule has 0 aliphatic carbocycles. The van der Waals surface area contributed by atoms with Gasteiger partial charge in [0.1, 0.15) is 17.3 Å². The van der Waals surface area contributed by atoms with Gasteiger partial charge in [0.05, 0.1) is 7.11 Å². The Bertz CT molecular complexity index is 468. The van der Waals surface area contributed by atoms with Gasteiger partial charge in [-0.1, -0.05) is 30.3 Å². The van der Waals surface area contributed by atoms with Gasteiger partial charge in [0.15, 0.2) is 0 Å². The molecule has 0 amide bonds. The number of methoxy groups -OCH3 is 1. The third-order valence-corrected chi connectivity index (χ3v) is 3.71. The number of ether oxygens (including phenoxy) is 2. The van der Waals surface area contributed by atoms with Gasteiger partial charge in [0.2, 0.25) is 0 Å². The molecule has 0 N–H and O–H groups in total. The topological polar surface area (TPSA) is 18.5 Å². The fourth-order valence-electron chi connectivity index (χ4n) is 1.66. The Kier molecular flexibility index (Phi) is 4.60. The fraction of sp³-hybridized carbons (Fsp3) is 0.200. The Labute approximate surface area is 110 Å². The van der Waals surface area contributed by atoms with Crippen molar-refractivity contribution in [2.24, 2.45) is 0 Å². The second kappa shape index (κ2) is 6.42. The molecule has 2 unspecified atom stereocenters. The second-order valence-corrected chi connectivity index (χ2v) is 5.63. The third kappa shape index (κ3) is 3.75. The van der Waals surface area contributed by atoms with E-state index in [1.54, 1.807) is 7.11 Å². The summed E-state index contributed by atoms with van der Waals surface area (Å²) in [4.78, 5) is 0. The van der Waals surface area contributed by atoms with E-state index < -0.39 is 0 Å². The van der Waals surface area contributed by atoms with Crippen LogP contribution in [-0.2, 0) is 0 Å². The molecule has 2 aromatic rings. The van der Waals surface area contributed by atoms with Crippen molar-refractivity contribution in [2.45, 2.75) is 12.8 Å². The number of hydrogen-bond donors (Lipinski definition) is 0. The molecule has 0 bridgehead atoms. The Morgan fingerprint density at radius 1 is 0.889 bits per heavy atom. The predicted molar refractivity (Wildman–Crippen MR) is 77.5 cm³/mol. The van der Waals surface area contributed by atoms with E-state index in [9.17, 15) is 0 Å². The van der Waals surface area contributed by atoms with E-state index in [-0.39, 0.29) is 5.85 Å². The minimum atomic E-state index is 0.181. The largest absolute Gasteiger partial charge is 0.497 e. The number of rotatable bonds is 5. The first-order chi connectivity index (χ1) is 8.78. The third-order valence-electron chi connectivity index (χ3n) is 2.52. The molecule has 0 fully saturated rings. The highest BCUT2D eigenvalue weighted by Crippen LogP contribution is 2.24. The minimum Gasteiger partial charge on any atom is -0.497 e. The van der Waals surface area contributed by atoms with Crippen LogP contribution < -0.4 is 14.8 Å². The summed E-state index contributed by atoms with van der Waals surface area (Å²) in [5, 5.41) is 1.32. The molecule has 18 heavy (non-hydrogen) atoms. The SMILES string of the molecule is COc1ccc(OC(C)Pc2ccccc2)cc1. The van der Waals surface area contributed by atoms with Gasteiger partial charge in [0.25, 0.3) is 0 Å². The maximum Gasteiger partial charge on any atom is 0.120 e. The Morgan fingerprint density at radius 3 is 2.11 bits per heavy atom. The fourth-order valence-corrected chi connectivity index (χ4v) is 2.71. The lowest BCUT2D eigenvalue weighted by Crippen LogP contribution is -2.09. The molecule has 0 radical (unpaired) electrons. The lowest BCUT2D eigenvalue weighted by Gasteiger charge is -2.15. The van der Waals surface area contributed by atoms with Crippen LogP contribution in [0.15, 0.2) is 54.6 Å². The molecule has 3 heteroatoms. The molecule has 2 rings (SSSR count). The summed E-state index contributed by atoms with van der Waals surface area (Å²) >= 11 is 0. The molecule has 0 heterocycles. The molecule has 2 atom stereocenters. The normalized spacial score (nSPS) is 12.6. The van der Waals surface area contributed by atoms with Crippen LogP contribution in [0.3, 0.4) is 0 Å². The van der Waals surface area contributed by atoms with Gasteiger partial charge >= 0.3 is 0 Å². The summed E-state index contributed by atoms with van der Waals surface area (Å²) in [5.74, 6) is 1.91. The molecule has 0 saturated carbocycles. The predicted octanol–water partition coefficient (Wildman–Crippen LogP) is 3.42. The highest BCUT2D eigenvalue weighted by Gasteiger charge is 2.05. The van der Waals surface area contributed by atoms with E-state index in [4.69, 9.17) is 9.47 Å². The minimum absolute atomic E-state index is 0.181. The van der Waals surface area contributed by atoms with E-state index >= 15 is 0 Å². The second-order valence-electron chi connectivity index (χ2n) is 3.95. The van der Waals surface area contributed by atoms with Gasteiger partial charge in [-0.2, -0.15) is 0 Å². The van der Waals surface area contributed by atoms with Gasteiger partial charge in [-0.05, 0) is 45.1 Å². The van der Waals surface area contributed by atoms with E-state index in [0.717, 1.165) is 11.5 Å². The van der Waals surface area contributed by atoms with E-state index in [1.165, 1.54) is 5.30 Å². The zero-order valence-corrected chi connectivity index (χ0v) is 11.6. The first-order valence-corrected chi connectivity index (χ1v) is 6.98. The van der Waals surface area contributed by atoms with Crippen LogP contribution in [0.4, 0.5) is 0 Å². The first kappa shape index (κ1) is 12.9. The van der Waals surface area contributed by atoms with Crippen molar-refractivity contribution >= 4 is 13.9 Å². The lowest BCUT2D eigenvalue weighted by molar-refractivity contribution is 0.305. The zero-order chi connectivity index (χ0) is 12.8. The van der Waals surface area contributed by atoms with Crippen molar-refractivity contribution < 1.29 is 9.47 Å². The number of benzene rings is 2. The van der Waals surface area contributed by atoms with Gasteiger partial charge in [-0.3, -0.25) is 0 Å². The molecular weight excluding hydrogens is 243 g/mol. The smallest absolute Gasteiger partial charge is 0.120 e. The molecule has 2 aromatic carbocycles. The average molecular weight is 260 g/mol. The van der Waals surface area contributed by atoms with Crippen molar-refractivity contribution in [3.8, 4) is 11.5 Å². The summed E-state index contributed by atoms with van der Waals surface area (Å²) in [7, 11) is 2.31. The van der Waals surface area contributed by atoms with E-state index in [0.29, 0.717) is 8.58 Å². The van der Waals surface area contributed by atoms with E-state index in [2.05, 4.69) is 31.2 Å². The molecule has 94 valence electrons. The van der Waals surface area contributed by atoms with Crippen LogP contribution in [0.2, 0.25) is 0 Å². The quantitative estimate of drug-likeness (QED) is 0.767. The van der Waals surface area contributed by atoms with Crippen molar-refractivity contribution in [1.82, 2.24) is 0 Å². The van der Waals surface area contributed by atoms with Crippen LogP contribution in [0.1, 0.15) is 6.92 Å². The lowest BCUT2D eigenvalue weighted by atomic mass is 10.3. The Morgan fingerprint density at radius 2 is 1.50 bits per heavy atom. The molecule has 2 nitrogen and oxygen atoms in total. The van der Waals surface area contributed by atoms with Crippen molar-refractivity contribution in [3.05, 3.63) is 54.6 Å². The highest BCUT2D eigenvalue weighted by atomic mass is 31.1. The van der Waals surface area contributed by atoms with Crippen LogP contribution in [0.5, 0.6) is 11.5 Å². The van der Waals surface area contributed by atoms with Crippen molar-refractivity contribution in [2.75, 3.05) is 7.11 Å². The zero-order valence-electron chi connectivity index (χ0n) is 10.6. The summed E-state index contributed by atoms with van der Waals surface area (Å²) in [5.41, 5.74) is 0. The summed E-state index contributed by atoms with van der Waals surface area (Å²) in [6.45, 7) is 2.09. The molecule has 0 saturated heterocycles. The van der Waals surface area contributed by atoms with Crippen LogP contribution in [-0.4, -0.2) is 13.0 Å². The highest BCUT2D eigenvalue weighted by molar-refractivity contribution is 7.47. The van der Waals surface area contributed by atoms with E-state index in [1.807, 2.05) is 30.3 Å². The average Bonchev–Trinajstić information content (AvgIpc) is 2.40. The monoisotopic (exact) mass is 260 g/mol. The maximum absolute atomic E-state index is 5.87. The summed E-state index contributed by atoms with van der Waals surface area (Å²) in [6.07, 6.45) is 0. The van der Waals surface area contributed by atoms with Gasteiger partial charge in [0, 0.05) is 0 Å². The summed E-state index contributed by atoms with van der Waals surface area (Å²) < 4.78 is 11.0. The Balaban J connectivity index is 1.92. The van der Waals surface area contributed by atoms with Crippen LogP contribution in [0.25, 0.3) is 0 Å². The van der Waals surface area contributed by atoms with Gasteiger partial charge in [-0.25, -0.2) is 0 Å². The maximum atomic E-state index is 5.87. The number of hydrogen-bond acceptors (Lipinski definition) is 2. The van der Waals surface area contributed by atoms with Crippen LogP contribution in [0, 0.1) is 0 Å². The Hall–Kier alpha value is -1.53. The van der Waals surface area contributed by atoms with Crippen molar-refractivity contribution in [1.29, 1.82) is 0 Å². The summed E-state index contributed by atoms with van der Waals surface area (Å²) in [6, 6.07) is 18.1. The molecule has 0 spiro atoms. The van der Waals surface area contributed by atoms with Gasteiger partial charge < -0.3 is 9.47 Å². The standard InChI is InChI=1S/C15H17O2P/c1-12(18-15-6-4-3-5-7-15)17-14-10-8-13(16-2)9-11-14/h3-12,18H,1-2H3.